The first-order chi connectivity index (χ1) is 13.0. The van der Waals surface area contributed by atoms with E-state index in [1.54, 1.807) is 6.20 Å². The predicted octanol–water partition coefficient (Wildman–Crippen LogP) is 1.75. The fraction of sp³-hybridized carbons (Fsp3) is 0.421. The third-order valence-electron chi connectivity index (χ3n) is 4.96. The van der Waals surface area contributed by atoms with E-state index in [-0.39, 0.29) is 30.9 Å². The van der Waals surface area contributed by atoms with Gasteiger partial charge in [0.05, 0.1) is 12.6 Å². The van der Waals surface area contributed by atoms with Gasteiger partial charge in [0.25, 0.3) is 0 Å². The van der Waals surface area contributed by atoms with E-state index in [2.05, 4.69) is 20.9 Å². The Bertz CT molecular complexity index is 838. The first-order valence-corrected chi connectivity index (χ1v) is 9.04. The molecule has 0 aliphatic carbocycles. The van der Waals surface area contributed by atoms with Crippen molar-refractivity contribution in [3.63, 3.8) is 0 Å². The number of hydrogen-bond donors (Lipinski definition) is 3. The summed E-state index contributed by atoms with van der Waals surface area (Å²) in [6.45, 7) is 6.27. The molecule has 1 aromatic carbocycles. The van der Waals surface area contributed by atoms with Crippen molar-refractivity contribution in [3.05, 3.63) is 47.5 Å². The van der Waals surface area contributed by atoms with Crippen LogP contribution in [0.3, 0.4) is 0 Å². The molecule has 8 nitrogen and oxygen atoms in total. The van der Waals surface area contributed by atoms with Crippen LogP contribution in [-0.4, -0.2) is 52.6 Å². The topological polar surface area (TPSA) is 91.3 Å². The Morgan fingerprint density at radius 1 is 1.32 bits per heavy atom. The molecule has 1 saturated heterocycles. The van der Waals surface area contributed by atoms with Crippen LogP contribution >= 0.6 is 12.4 Å². The maximum Gasteiger partial charge on any atom is 0.325 e. The highest BCUT2D eigenvalue weighted by Crippen LogP contribution is 2.20. The minimum atomic E-state index is -0.516. The number of urea groups is 1. The van der Waals surface area contributed by atoms with Crippen LogP contribution in [0.15, 0.2) is 30.6 Å². The van der Waals surface area contributed by atoms with Crippen molar-refractivity contribution in [1.29, 1.82) is 0 Å². The van der Waals surface area contributed by atoms with Crippen LogP contribution in [0.25, 0.3) is 0 Å². The number of imide groups is 1. The Balaban J connectivity index is 0.00000280. The maximum atomic E-state index is 12.4. The molecule has 1 aromatic heterocycles. The molecule has 0 spiro atoms. The Hall–Kier alpha value is -2.42. The first kappa shape index (κ1) is 21.9. The lowest BCUT2D eigenvalue weighted by atomic mass is 10.1. The molecule has 152 valence electrons. The Kier molecular flexibility index (Phi) is 7.56. The Morgan fingerprint density at radius 3 is 2.82 bits per heavy atom. The van der Waals surface area contributed by atoms with Gasteiger partial charge in [-0.05, 0) is 31.0 Å². The highest BCUT2D eigenvalue weighted by atomic mass is 35.5. The zero-order valence-electron chi connectivity index (χ0n) is 16.4. The predicted molar refractivity (Wildman–Crippen MR) is 111 cm³/mol. The average molecular weight is 407 g/mol. The van der Waals surface area contributed by atoms with Crippen LogP contribution in [-0.2, 0) is 11.8 Å². The highest BCUT2D eigenvalue weighted by Gasteiger charge is 2.28. The molecule has 28 heavy (non-hydrogen) atoms. The third-order valence-corrected chi connectivity index (χ3v) is 4.96. The van der Waals surface area contributed by atoms with Gasteiger partial charge in [-0.3, -0.25) is 15.0 Å². The number of rotatable bonds is 4. The van der Waals surface area contributed by atoms with Crippen molar-refractivity contribution in [2.75, 3.05) is 31.5 Å². The molecule has 3 rings (SSSR count). The number of amides is 3. The number of piperazine rings is 1. The van der Waals surface area contributed by atoms with Gasteiger partial charge in [-0.25, -0.2) is 9.78 Å². The molecule has 0 bridgehead atoms. The maximum absolute atomic E-state index is 12.4. The van der Waals surface area contributed by atoms with E-state index >= 15 is 0 Å². The summed E-state index contributed by atoms with van der Waals surface area (Å²) in [5.41, 5.74) is 2.77. The van der Waals surface area contributed by atoms with Crippen molar-refractivity contribution in [3.8, 4) is 0 Å². The number of benzene rings is 1. The molecule has 0 radical (unpaired) electrons. The van der Waals surface area contributed by atoms with Crippen LogP contribution in [0.5, 0.6) is 0 Å². The monoisotopic (exact) mass is 406 g/mol. The van der Waals surface area contributed by atoms with Gasteiger partial charge in [0.2, 0.25) is 5.91 Å². The summed E-state index contributed by atoms with van der Waals surface area (Å²) in [7, 11) is 1.94. The smallest absolute Gasteiger partial charge is 0.325 e. The Labute approximate surface area is 171 Å². The summed E-state index contributed by atoms with van der Waals surface area (Å²) in [6, 6.07) is 5.15. The number of hydrogen-bond acceptors (Lipinski definition) is 5. The van der Waals surface area contributed by atoms with E-state index in [9.17, 15) is 9.59 Å². The summed E-state index contributed by atoms with van der Waals surface area (Å²) >= 11 is 0. The molecule has 1 atom stereocenters. The lowest BCUT2D eigenvalue weighted by Gasteiger charge is -2.35. The van der Waals surface area contributed by atoms with Crippen molar-refractivity contribution in [1.82, 2.24) is 25.1 Å². The minimum absolute atomic E-state index is 0. The molecule has 2 aromatic rings. The summed E-state index contributed by atoms with van der Waals surface area (Å²) in [6.07, 6.45) is 3.64. The number of halogens is 1. The number of imidazole rings is 1. The normalized spacial score (nSPS) is 16.9. The molecule has 1 fully saturated rings. The fourth-order valence-electron chi connectivity index (χ4n) is 3.28. The van der Waals surface area contributed by atoms with E-state index < -0.39 is 6.03 Å². The molecular formula is C19H27ClN6O2. The number of nitrogens with one attached hydrogen (secondary N) is 3. The quantitative estimate of drug-likeness (QED) is 0.719. The molecular weight excluding hydrogens is 380 g/mol. The van der Waals surface area contributed by atoms with Gasteiger partial charge in [0.15, 0.2) is 0 Å². The molecule has 1 unspecified atom stereocenters. The van der Waals surface area contributed by atoms with Crippen molar-refractivity contribution in [2.45, 2.75) is 19.9 Å². The van der Waals surface area contributed by atoms with E-state index in [1.807, 2.05) is 54.8 Å². The van der Waals surface area contributed by atoms with Crippen molar-refractivity contribution >= 4 is 30.0 Å². The largest absolute Gasteiger partial charge is 0.337 e. The first-order valence-electron chi connectivity index (χ1n) is 9.04. The van der Waals surface area contributed by atoms with Gasteiger partial charge in [0, 0.05) is 44.8 Å². The van der Waals surface area contributed by atoms with E-state index in [0.717, 1.165) is 23.5 Å². The Morgan fingerprint density at radius 2 is 2.11 bits per heavy atom. The van der Waals surface area contributed by atoms with Gasteiger partial charge < -0.3 is 15.2 Å². The van der Waals surface area contributed by atoms with Gasteiger partial charge in [-0.1, -0.05) is 12.1 Å². The summed E-state index contributed by atoms with van der Waals surface area (Å²) in [4.78, 5) is 31.0. The van der Waals surface area contributed by atoms with Crippen LogP contribution in [0, 0.1) is 13.8 Å². The lowest BCUT2D eigenvalue weighted by molar-refractivity contribution is -0.121. The van der Waals surface area contributed by atoms with Crippen LogP contribution in [0.4, 0.5) is 10.5 Å². The average Bonchev–Trinajstić information content (AvgIpc) is 3.05. The van der Waals surface area contributed by atoms with Crippen molar-refractivity contribution < 1.29 is 9.59 Å². The van der Waals surface area contributed by atoms with E-state index in [4.69, 9.17) is 0 Å². The van der Waals surface area contributed by atoms with Gasteiger partial charge in [-0.2, -0.15) is 0 Å². The molecule has 3 N–H and O–H groups in total. The molecule has 0 saturated carbocycles. The molecule has 1 aliphatic heterocycles. The third kappa shape index (κ3) is 5.09. The van der Waals surface area contributed by atoms with E-state index in [1.165, 1.54) is 0 Å². The minimum Gasteiger partial charge on any atom is -0.337 e. The SMILES string of the molecule is Cc1cccc(NC(=O)NC(=O)CN2CCNCC2c2nccn2C)c1C.Cl. The van der Waals surface area contributed by atoms with Gasteiger partial charge >= 0.3 is 6.03 Å². The standard InChI is InChI=1S/C19H26N6O2.ClH/c1-13-5-4-6-15(14(13)2)22-19(27)23-17(26)12-25-10-7-20-11-16(25)18-21-8-9-24(18)3;/h4-6,8-9,16,20H,7,10-12H2,1-3H3,(H2,22,23,26,27);1H. The number of aryl methyl sites for hydroxylation is 2. The van der Waals surface area contributed by atoms with Gasteiger partial charge in [0.1, 0.15) is 5.82 Å². The number of anilines is 1. The molecule has 2 heterocycles. The second-order valence-corrected chi connectivity index (χ2v) is 6.84. The lowest BCUT2D eigenvalue weighted by Crippen LogP contribution is -2.51. The zero-order valence-corrected chi connectivity index (χ0v) is 17.2. The van der Waals surface area contributed by atoms with Crippen molar-refractivity contribution in [2.24, 2.45) is 7.05 Å². The second kappa shape index (κ2) is 9.68. The van der Waals surface area contributed by atoms with E-state index in [0.29, 0.717) is 18.8 Å². The van der Waals surface area contributed by atoms with Crippen LogP contribution < -0.4 is 16.0 Å². The zero-order chi connectivity index (χ0) is 19.4. The summed E-state index contributed by atoms with van der Waals surface area (Å²) in [5, 5.41) is 8.51. The molecule has 1 aliphatic rings. The number of aromatic nitrogens is 2. The number of carbonyl (C=O) groups excluding carboxylic acids is 2. The summed E-state index contributed by atoms with van der Waals surface area (Å²) in [5.74, 6) is 0.564. The molecule has 9 heteroatoms. The molecule has 3 amide bonds. The highest BCUT2D eigenvalue weighted by molar-refractivity contribution is 6.02. The van der Waals surface area contributed by atoms with Crippen LogP contribution in [0.2, 0.25) is 0 Å². The van der Waals surface area contributed by atoms with Gasteiger partial charge in [-0.15, -0.1) is 12.4 Å². The van der Waals surface area contributed by atoms with Crippen LogP contribution in [0.1, 0.15) is 23.0 Å². The number of nitrogens with zero attached hydrogens (tertiary/aromatic N) is 3. The summed E-state index contributed by atoms with van der Waals surface area (Å²) < 4.78 is 1.95. The second-order valence-electron chi connectivity index (χ2n) is 6.84. The number of carbonyl (C=O) groups is 2. The fourth-order valence-corrected chi connectivity index (χ4v) is 3.28.